The number of ether oxygens (including phenoxy) is 1. The molecule has 2 aromatic rings. The topological polar surface area (TPSA) is 50.7 Å². The highest BCUT2D eigenvalue weighted by atomic mass is 35.5. The van der Waals surface area contributed by atoms with E-state index in [0.29, 0.717) is 44.1 Å². The van der Waals surface area contributed by atoms with Gasteiger partial charge in [-0.1, -0.05) is 47.8 Å². The molecule has 2 rings (SSSR count). The molecule has 0 aliphatic carbocycles. The van der Waals surface area contributed by atoms with Crippen LogP contribution in [0.15, 0.2) is 41.5 Å². The summed E-state index contributed by atoms with van der Waals surface area (Å²) in [5.74, 6) is -0.0138. The van der Waals surface area contributed by atoms with Crippen LogP contribution in [0.2, 0.25) is 15.1 Å². The van der Waals surface area contributed by atoms with Crippen molar-refractivity contribution in [3.05, 3.63) is 62.6 Å². The quantitative estimate of drug-likeness (QED) is 0.568. The largest absolute Gasteiger partial charge is 0.496 e. The van der Waals surface area contributed by atoms with E-state index in [1.807, 2.05) is 6.92 Å². The van der Waals surface area contributed by atoms with Crippen LogP contribution in [0.5, 0.6) is 5.75 Å². The fourth-order valence-electron chi connectivity index (χ4n) is 2.09. The van der Waals surface area contributed by atoms with Crippen molar-refractivity contribution < 1.29 is 9.53 Å². The van der Waals surface area contributed by atoms with Gasteiger partial charge in [-0.15, -0.1) is 0 Å². The van der Waals surface area contributed by atoms with E-state index in [4.69, 9.17) is 39.5 Å². The molecule has 0 unspecified atom stereocenters. The van der Waals surface area contributed by atoms with Gasteiger partial charge in [-0.2, -0.15) is 5.10 Å². The van der Waals surface area contributed by atoms with Crippen molar-refractivity contribution in [3.63, 3.8) is 0 Å². The predicted octanol–water partition coefficient (Wildman–Crippen LogP) is 5.20. The summed E-state index contributed by atoms with van der Waals surface area (Å²) in [5.41, 5.74) is 4.15. The summed E-state index contributed by atoms with van der Waals surface area (Å²) >= 11 is 18.0. The lowest BCUT2D eigenvalue weighted by Crippen LogP contribution is -2.20. The monoisotopic (exact) mass is 384 g/mol. The zero-order valence-corrected chi connectivity index (χ0v) is 15.3. The summed E-state index contributed by atoms with van der Waals surface area (Å²) in [7, 11) is 1.48. The molecule has 0 atom stereocenters. The third-order valence-electron chi connectivity index (χ3n) is 3.28. The molecular formula is C17H15Cl3N2O2. The van der Waals surface area contributed by atoms with E-state index >= 15 is 0 Å². The Kier molecular flexibility index (Phi) is 6.49. The zero-order chi connectivity index (χ0) is 17.7. The molecule has 1 N–H and O–H groups in total. The lowest BCUT2D eigenvalue weighted by Gasteiger charge is -2.10. The third kappa shape index (κ3) is 4.41. The maximum atomic E-state index is 12.4. The first-order chi connectivity index (χ1) is 11.5. The normalized spacial score (nSPS) is 11.3. The molecular weight excluding hydrogens is 371 g/mol. The van der Waals surface area contributed by atoms with Gasteiger partial charge in [0.05, 0.1) is 23.4 Å². The Morgan fingerprint density at radius 2 is 1.75 bits per heavy atom. The van der Waals surface area contributed by atoms with Gasteiger partial charge in [0.2, 0.25) is 0 Å². The smallest absolute Gasteiger partial charge is 0.275 e. The second kappa shape index (κ2) is 8.38. The van der Waals surface area contributed by atoms with Gasteiger partial charge in [-0.05, 0) is 36.8 Å². The number of nitrogens with zero attached hydrogens (tertiary/aromatic N) is 1. The van der Waals surface area contributed by atoms with E-state index in [0.717, 1.165) is 0 Å². The maximum Gasteiger partial charge on any atom is 0.275 e. The molecule has 7 heteroatoms. The maximum absolute atomic E-state index is 12.4. The average Bonchev–Trinajstić information content (AvgIpc) is 2.56. The number of rotatable bonds is 5. The number of hydrazone groups is 1. The van der Waals surface area contributed by atoms with Crippen LogP contribution < -0.4 is 10.2 Å². The molecule has 0 aliphatic rings. The second-order valence-electron chi connectivity index (χ2n) is 4.82. The standard InChI is InChI=1S/C17H15Cl3N2O2/c1-3-15(12-6-4-11(19)9-14(12)20)21-22-17(23)13-8-10(18)5-7-16(13)24-2/h4-9H,3H2,1-2H3,(H,22,23)/b21-15+. The van der Waals surface area contributed by atoms with Gasteiger partial charge in [-0.25, -0.2) is 5.43 Å². The summed E-state index contributed by atoms with van der Waals surface area (Å²) < 4.78 is 5.17. The first-order valence-electron chi connectivity index (χ1n) is 7.12. The van der Waals surface area contributed by atoms with Crippen molar-refractivity contribution in [2.45, 2.75) is 13.3 Å². The number of carbonyl (C=O) groups is 1. The fourth-order valence-corrected chi connectivity index (χ4v) is 2.78. The number of nitrogens with one attached hydrogen (secondary N) is 1. The highest BCUT2D eigenvalue weighted by Crippen LogP contribution is 2.24. The molecule has 0 aliphatic heterocycles. The molecule has 2 aromatic carbocycles. The Balaban J connectivity index is 2.27. The molecule has 4 nitrogen and oxygen atoms in total. The summed E-state index contributed by atoms with van der Waals surface area (Å²) in [5, 5.41) is 5.61. The van der Waals surface area contributed by atoms with Crippen LogP contribution in [0, 0.1) is 0 Å². The second-order valence-corrected chi connectivity index (χ2v) is 6.10. The summed E-state index contributed by atoms with van der Waals surface area (Å²) in [6, 6.07) is 9.90. The van der Waals surface area contributed by atoms with Crippen LogP contribution in [0.3, 0.4) is 0 Å². The van der Waals surface area contributed by atoms with Gasteiger partial charge < -0.3 is 4.74 Å². The van der Waals surface area contributed by atoms with Crippen LogP contribution in [-0.2, 0) is 0 Å². The molecule has 0 radical (unpaired) electrons. The van der Waals surface area contributed by atoms with Crippen LogP contribution in [0.1, 0.15) is 29.3 Å². The number of hydrogen-bond acceptors (Lipinski definition) is 3. The van der Waals surface area contributed by atoms with Gasteiger partial charge in [0, 0.05) is 15.6 Å². The number of hydrogen-bond donors (Lipinski definition) is 1. The Hall–Kier alpha value is -1.75. The average molecular weight is 386 g/mol. The van der Waals surface area contributed by atoms with Crippen molar-refractivity contribution >= 4 is 46.4 Å². The molecule has 0 bridgehead atoms. The van der Waals surface area contributed by atoms with Crippen LogP contribution in [0.4, 0.5) is 0 Å². The molecule has 24 heavy (non-hydrogen) atoms. The molecule has 0 heterocycles. The molecule has 0 saturated heterocycles. The Labute approximate surface area is 155 Å². The van der Waals surface area contributed by atoms with Crippen molar-refractivity contribution in [1.82, 2.24) is 5.43 Å². The van der Waals surface area contributed by atoms with E-state index < -0.39 is 5.91 Å². The lowest BCUT2D eigenvalue weighted by molar-refractivity contribution is 0.0952. The number of carbonyl (C=O) groups excluding carboxylic acids is 1. The fraction of sp³-hybridized carbons (Fsp3) is 0.176. The zero-order valence-electron chi connectivity index (χ0n) is 13.1. The first kappa shape index (κ1) is 18.6. The first-order valence-corrected chi connectivity index (χ1v) is 8.25. The SMILES string of the molecule is CC/C(=N\NC(=O)c1cc(Cl)ccc1OC)c1ccc(Cl)cc1Cl. The molecule has 1 amide bonds. The van der Waals surface area contributed by atoms with Crippen molar-refractivity contribution in [1.29, 1.82) is 0 Å². The van der Waals surface area contributed by atoms with Crippen molar-refractivity contribution in [2.24, 2.45) is 5.10 Å². The summed E-state index contributed by atoms with van der Waals surface area (Å²) in [6.07, 6.45) is 0.578. The van der Waals surface area contributed by atoms with Crippen LogP contribution in [-0.4, -0.2) is 18.7 Å². The number of benzene rings is 2. The lowest BCUT2D eigenvalue weighted by atomic mass is 10.1. The minimum absolute atomic E-state index is 0.298. The van der Waals surface area contributed by atoms with Crippen molar-refractivity contribution in [3.8, 4) is 5.75 Å². The Morgan fingerprint density at radius 3 is 2.38 bits per heavy atom. The van der Waals surface area contributed by atoms with E-state index in [1.165, 1.54) is 13.2 Å². The van der Waals surface area contributed by atoms with Gasteiger partial charge in [0.15, 0.2) is 0 Å². The van der Waals surface area contributed by atoms with E-state index in [1.54, 1.807) is 30.3 Å². The highest BCUT2D eigenvalue weighted by Gasteiger charge is 2.14. The Bertz CT molecular complexity index is 791. The van der Waals surface area contributed by atoms with Gasteiger partial charge in [-0.3, -0.25) is 4.79 Å². The molecule has 126 valence electrons. The molecule has 0 saturated carbocycles. The Morgan fingerprint density at radius 1 is 1.08 bits per heavy atom. The summed E-state index contributed by atoms with van der Waals surface area (Å²) in [4.78, 5) is 12.4. The van der Waals surface area contributed by atoms with Gasteiger partial charge in [0.1, 0.15) is 5.75 Å². The van der Waals surface area contributed by atoms with E-state index in [9.17, 15) is 4.79 Å². The number of amides is 1. The minimum Gasteiger partial charge on any atom is -0.496 e. The predicted molar refractivity (Wildman–Crippen MR) is 98.8 cm³/mol. The molecule has 0 fully saturated rings. The molecule has 0 aromatic heterocycles. The third-order valence-corrected chi connectivity index (χ3v) is 4.06. The van der Waals surface area contributed by atoms with Gasteiger partial charge >= 0.3 is 0 Å². The number of methoxy groups -OCH3 is 1. The molecule has 0 spiro atoms. The van der Waals surface area contributed by atoms with Crippen LogP contribution in [0.25, 0.3) is 0 Å². The van der Waals surface area contributed by atoms with Crippen molar-refractivity contribution in [2.75, 3.05) is 7.11 Å². The van der Waals surface area contributed by atoms with Gasteiger partial charge in [0.25, 0.3) is 5.91 Å². The van der Waals surface area contributed by atoms with E-state index in [2.05, 4.69) is 10.5 Å². The van der Waals surface area contributed by atoms with E-state index in [-0.39, 0.29) is 0 Å². The summed E-state index contributed by atoms with van der Waals surface area (Å²) in [6.45, 7) is 1.91. The number of halogens is 3. The minimum atomic E-state index is -0.426. The highest BCUT2D eigenvalue weighted by molar-refractivity contribution is 6.37. The van der Waals surface area contributed by atoms with Crippen LogP contribution >= 0.6 is 34.8 Å².